The van der Waals surface area contributed by atoms with E-state index in [1.54, 1.807) is 24.3 Å². The first kappa shape index (κ1) is 22.9. The van der Waals surface area contributed by atoms with E-state index in [0.717, 1.165) is 16.7 Å². The van der Waals surface area contributed by atoms with E-state index in [4.69, 9.17) is 5.73 Å². The summed E-state index contributed by atoms with van der Waals surface area (Å²) >= 11 is 1.31. The zero-order valence-electron chi connectivity index (χ0n) is 18.7. The molecule has 0 amide bonds. The summed E-state index contributed by atoms with van der Waals surface area (Å²) in [6.07, 6.45) is 0. The van der Waals surface area contributed by atoms with Crippen LogP contribution in [0.5, 0.6) is 5.75 Å². The van der Waals surface area contributed by atoms with Gasteiger partial charge in [0, 0.05) is 22.0 Å². The van der Waals surface area contributed by atoms with Crippen molar-refractivity contribution in [2.45, 2.75) is 18.7 Å². The highest BCUT2D eigenvalue weighted by Gasteiger charge is 2.24. The van der Waals surface area contributed by atoms with Gasteiger partial charge in [0.2, 0.25) is 0 Å². The molecule has 10 heteroatoms. The summed E-state index contributed by atoms with van der Waals surface area (Å²) < 4.78 is 35.2. The third-order valence-electron chi connectivity index (χ3n) is 5.66. The van der Waals surface area contributed by atoms with E-state index in [1.807, 2.05) is 44.2 Å². The Morgan fingerprint density at radius 2 is 1.74 bits per heavy atom. The fraction of sp³-hybridized carbons (Fsp3) is 0.0800. The van der Waals surface area contributed by atoms with Gasteiger partial charge >= 0.3 is 0 Å². The molecule has 4 aromatic carbocycles. The largest absolute Gasteiger partial charge is 0.505 e. The fourth-order valence-electron chi connectivity index (χ4n) is 3.93. The van der Waals surface area contributed by atoms with Crippen molar-refractivity contribution in [2.24, 2.45) is 10.2 Å². The molecule has 1 aromatic heterocycles. The highest BCUT2D eigenvalue weighted by atomic mass is 32.2. The first-order valence-electron chi connectivity index (χ1n) is 10.5. The normalized spacial score (nSPS) is 12.2. The van der Waals surface area contributed by atoms with Crippen LogP contribution in [0.1, 0.15) is 11.1 Å². The second-order valence-electron chi connectivity index (χ2n) is 8.15. The van der Waals surface area contributed by atoms with E-state index in [0.29, 0.717) is 37.4 Å². The van der Waals surface area contributed by atoms with E-state index < -0.39 is 20.8 Å². The summed E-state index contributed by atoms with van der Waals surface area (Å²) in [5.41, 5.74) is 10.1. The average Bonchev–Trinajstić information content (AvgIpc) is 3.23. The van der Waals surface area contributed by atoms with Crippen LogP contribution in [0.2, 0.25) is 0 Å². The molecular weight excluding hydrogens is 484 g/mol. The quantitative estimate of drug-likeness (QED) is 0.142. The SMILES string of the molecule is Cc1ccc(N=Nc2c(S(=O)(=O)O)cc3c(ccc4nc(-c5ccccc5N)sc43)c2O)c(C)c1. The maximum absolute atomic E-state index is 12.3. The molecule has 4 N–H and O–H groups in total. The standard InChI is InChI=1S/C25H20N4O4S2/c1-13-7-9-19(14(2)11-13)28-29-22-21(35(31,32)33)12-17-15(23(22)30)8-10-20-24(17)34-25(27-20)16-5-3-4-6-18(16)26/h3-12,30H,26H2,1-2H3,(H,31,32,33). The number of nitrogens with zero attached hydrogens (tertiary/aromatic N) is 3. The highest BCUT2D eigenvalue weighted by molar-refractivity contribution is 7.86. The Bertz CT molecular complexity index is 1780. The number of rotatable bonds is 4. The highest BCUT2D eigenvalue weighted by Crippen LogP contribution is 2.45. The number of azo groups is 1. The van der Waals surface area contributed by atoms with Gasteiger partial charge in [-0.15, -0.1) is 16.5 Å². The van der Waals surface area contributed by atoms with Gasteiger partial charge in [-0.1, -0.05) is 29.8 Å². The number of fused-ring (bicyclic) bond motifs is 3. The first-order chi connectivity index (χ1) is 16.6. The van der Waals surface area contributed by atoms with E-state index in [2.05, 4.69) is 15.2 Å². The van der Waals surface area contributed by atoms with Gasteiger partial charge in [0.25, 0.3) is 10.1 Å². The fourth-order valence-corrected chi connectivity index (χ4v) is 5.71. The maximum atomic E-state index is 12.3. The average molecular weight is 505 g/mol. The summed E-state index contributed by atoms with van der Waals surface area (Å²) in [6.45, 7) is 3.79. The minimum atomic E-state index is -4.74. The van der Waals surface area contributed by atoms with Gasteiger partial charge in [0.1, 0.15) is 15.6 Å². The summed E-state index contributed by atoms with van der Waals surface area (Å²) in [4.78, 5) is 4.09. The molecule has 0 unspecified atom stereocenters. The van der Waals surface area contributed by atoms with Crippen molar-refractivity contribution in [1.82, 2.24) is 4.98 Å². The number of hydrogen-bond acceptors (Lipinski definition) is 8. The van der Waals surface area contributed by atoms with Crippen LogP contribution < -0.4 is 5.73 Å². The Morgan fingerprint density at radius 1 is 0.971 bits per heavy atom. The van der Waals surface area contributed by atoms with Crippen molar-refractivity contribution in [1.29, 1.82) is 0 Å². The molecule has 0 saturated heterocycles. The van der Waals surface area contributed by atoms with Crippen molar-refractivity contribution in [3.8, 4) is 16.3 Å². The maximum Gasteiger partial charge on any atom is 0.296 e. The molecule has 0 radical (unpaired) electrons. The van der Waals surface area contributed by atoms with Gasteiger partial charge in [0.15, 0.2) is 5.75 Å². The van der Waals surface area contributed by atoms with E-state index in [9.17, 15) is 18.1 Å². The Hall–Kier alpha value is -3.86. The van der Waals surface area contributed by atoms with Gasteiger partial charge in [-0.3, -0.25) is 4.55 Å². The number of phenols is 1. The van der Waals surface area contributed by atoms with Gasteiger partial charge < -0.3 is 10.8 Å². The molecule has 5 aromatic rings. The van der Waals surface area contributed by atoms with Crippen molar-refractivity contribution in [3.63, 3.8) is 0 Å². The predicted molar refractivity (Wildman–Crippen MR) is 139 cm³/mol. The van der Waals surface area contributed by atoms with Crippen LogP contribution in [0.15, 0.2) is 75.8 Å². The molecule has 0 aliphatic heterocycles. The van der Waals surface area contributed by atoms with Gasteiger partial charge in [-0.05, 0) is 55.8 Å². The lowest BCUT2D eigenvalue weighted by Crippen LogP contribution is -1.99. The number of phenolic OH excluding ortho intramolecular Hbond substituents is 1. The summed E-state index contributed by atoms with van der Waals surface area (Å²) in [5, 5.41) is 20.6. The van der Waals surface area contributed by atoms with Crippen molar-refractivity contribution >= 4 is 59.5 Å². The smallest absolute Gasteiger partial charge is 0.296 e. The van der Waals surface area contributed by atoms with Crippen LogP contribution in [0.25, 0.3) is 31.6 Å². The number of benzene rings is 4. The summed E-state index contributed by atoms with van der Waals surface area (Å²) in [6, 6.07) is 17.5. The number of nitrogens with two attached hydrogens (primary N) is 1. The molecule has 0 aliphatic rings. The molecule has 5 rings (SSSR count). The Kier molecular flexibility index (Phi) is 5.51. The molecule has 35 heavy (non-hydrogen) atoms. The number of anilines is 1. The Morgan fingerprint density at radius 3 is 2.46 bits per heavy atom. The number of hydrogen-bond donors (Lipinski definition) is 3. The lowest BCUT2D eigenvalue weighted by Gasteiger charge is -2.09. The van der Waals surface area contributed by atoms with Crippen LogP contribution in [-0.2, 0) is 10.1 Å². The van der Waals surface area contributed by atoms with Crippen molar-refractivity contribution in [3.05, 3.63) is 71.8 Å². The molecule has 0 atom stereocenters. The van der Waals surface area contributed by atoms with Crippen molar-refractivity contribution in [2.75, 3.05) is 5.73 Å². The molecule has 0 bridgehead atoms. The van der Waals surface area contributed by atoms with E-state index in [1.165, 1.54) is 17.4 Å². The topological polar surface area (TPSA) is 138 Å². The van der Waals surface area contributed by atoms with Crippen LogP contribution in [0, 0.1) is 13.8 Å². The van der Waals surface area contributed by atoms with Crippen molar-refractivity contribution < 1.29 is 18.1 Å². The number of aromatic nitrogens is 1. The monoisotopic (exact) mass is 504 g/mol. The number of aromatic hydroxyl groups is 1. The minimum Gasteiger partial charge on any atom is -0.505 e. The summed E-state index contributed by atoms with van der Waals surface area (Å²) in [7, 11) is -4.74. The molecule has 0 fully saturated rings. The second kappa shape index (κ2) is 8.42. The van der Waals surface area contributed by atoms with Crippen LogP contribution in [-0.4, -0.2) is 23.1 Å². The number of thiazole rings is 1. The molecule has 8 nitrogen and oxygen atoms in total. The summed E-state index contributed by atoms with van der Waals surface area (Å²) in [5.74, 6) is -0.403. The predicted octanol–water partition coefficient (Wildman–Crippen LogP) is 6.68. The van der Waals surface area contributed by atoms with Gasteiger partial charge in [-0.2, -0.15) is 13.5 Å². The molecule has 0 saturated carbocycles. The third-order valence-corrected chi connectivity index (χ3v) is 7.67. The zero-order valence-corrected chi connectivity index (χ0v) is 20.4. The van der Waals surface area contributed by atoms with Crippen LogP contribution in [0.3, 0.4) is 0 Å². The van der Waals surface area contributed by atoms with E-state index in [-0.39, 0.29) is 5.69 Å². The first-order valence-corrected chi connectivity index (χ1v) is 12.8. The second-order valence-corrected chi connectivity index (χ2v) is 10.5. The molecule has 176 valence electrons. The number of nitrogen functional groups attached to an aromatic ring is 1. The Balaban J connectivity index is 1.75. The zero-order chi connectivity index (χ0) is 24.9. The van der Waals surface area contributed by atoms with Gasteiger partial charge in [-0.25, -0.2) is 4.98 Å². The van der Waals surface area contributed by atoms with Crippen LogP contribution in [0.4, 0.5) is 17.1 Å². The number of para-hydroxylation sites is 1. The minimum absolute atomic E-state index is 0.337. The molecule has 0 spiro atoms. The molecule has 0 aliphatic carbocycles. The lowest BCUT2D eigenvalue weighted by molar-refractivity contribution is 0.472. The third kappa shape index (κ3) is 4.12. The lowest BCUT2D eigenvalue weighted by atomic mass is 10.1. The van der Waals surface area contributed by atoms with Gasteiger partial charge in [0.05, 0.1) is 15.9 Å². The number of aryl methyl sites for hydroxylation is 2. The molecule has 1 heterocycles. The Labute approximate surface area is 205 Å². The van der Waals surface area contributed by atoms with E-state index >= 15 is 0 Å². The van der Waals surface area contributed by atoms with Crippen LogP contribution >= 0.6 is 11.3 Å². The molecular formula is C25H20N4O4S2.